The maximum Gasteiger partial charge on any atom is 0.0319 e. The molecule has 1 N–H and O–H groups in total. The van der Waals surface area contributed by atoms with Gasteiger partial charge in [-0.1, -0.05) is 194 Å². The first-order valence-corrected chi connectivity index (χ1v) is 17.3. The fourth-order valence-corrected chi connectivity index (χ4v) is 7.60. The number of hydrogen-bond donors (Lipinski definition) is 1. The summed E-state index contributed by atoms with van der Waals surface area (Å²) in [6.45, 7) is 4.58. The van der Waals surface area contributed by atoms with Crippen molar-refractivity contribution in [3.8, 4) is 22.3 Å². The molecule has 0 aromatic heterocycles. The van der Waals surface area contributed by atoms with Crippen LogP contribution in [0.1, 0.15) is 40.3 Å². The second-order valence-electron chi connectivity index (χ2n) is 13.2. The first-order chi connectivity index (χ1) is 24.6. The molecule has 1 atom stereocenters. The Balaban J connectivity index is 0.000000235. The Bertz CT molecular complexity index is 2260. The number of aliphatic hydroxyl groups excluding tert-OH is 1. The van der Waals surface area contributed by atoms with Crippen molar-refractivity contribution < 1.29 is 5.11 Å². The van der Waals surface area contributed by atoms with E-state index in [9.17, 15) is 0 Å². The van der Waals surface area contributed by atoms with Gasteiger partial charge in [0.05, 0.1) is 0 Å². The summed E-state index contributed by atoms with van der Waals surface area (Å²) in [6, 6.07) is 61.2. The Morgan fingerprint density at radius 1 is 0.480 bits per heavy atom. The Kier molecular flexibility index (Phi) is 9.43. The third-order valence-corrected chi connectivity index (χ3v) is 10.1. The zero-order valence-electron chi connectivity index (χ0n) is 29.0. The van der Waals surface area contributed by atoms with Gasteiger partial charge in [0.2, 0.25) is 0 Å². The smallest absolute Gasteiger partial charge is 0.0319 e. The van der Waals surface area contributed by atoms with Crippen LogP contribution in [0.15, 0.2) is 182 Å². The van der Waals surface area contributed by atoms with Crippen LogP contribution in [0.4, 0.5) is 0 Å². The van der Waals surface area contributed by atoms with Crippen LogP contribution < -0.4 is 0 Å². The largest absolute Gasteiger partial charge is 0.400 e. The van der Waals surface area contributed by atoms with Crippen molar-refractivity contribution >= 4 is 22.4 Å². The van der Waals surface area contributed by atoms with Gasteiger partial charge >= 0.3 is 0 Å². The summed E-state index contributed by atoms with van der Waals surface area (Å²) in [4.78, 5) is 0. The lowest BCUT2D eigenvalue weighted by Gasteiger charge is -2.42. The van der Waals surface area contributed by atoms with Gasteiger partial charge in [0, 0.05) is 12.5 Å². The molecule has 0 aliphatic heterocycles. The molecule has 7 aromatic carbocycles. The summed E-state index contributed by atoms with van der Waals surface area (Å²) in [7, 11) is 1.00. The average Bonchev–Trinajstić information content (AvgIpc) is 3.19. The van der Waals surface area contributed by atoms with E-state index in [0.717, 1.165) is 13.5 Å². The number of fused-ring (bicyclic) bond motifs is 6. The van der Waals surface area contributed by atoms with Crippen molar-refractivity contribution in [2.24, 2.45) is 0 Å². The number of hydrogen-bond acceptors (Lipinski definition) is 1. The molecule has 0 radical (unpaired) electrons. The van der Waals surface area contributed by atoms with Crippen molar-refractivity contribution in [3.63, 3.8) is 0 Å². The van der Waals surface area contributed by atoms with E-state index in [2.05, 4.69) is 184 Å². The van der Waals surface area contributed by atoms with Gasteiger partial charge in [-0.2, -0.15) is 0 Å². The first-order valence-electron chi connectivity index (χ1n) is 17.3. The Morgan fingerprint density at radius 2 is 1.00 bits per heavy atom. The normalized spacial score (nSPS) is 15.4. The molecule has 0 saturated heterocycles. The molecule has 2 aliphatic carbocycles. The minimum Gasteiger partial charge on any atom is -0.400 e. The summed E-state index contributed by atoms with van der Waals surface area (Å²) in [5.41, 5.74) is 15.9. The summed E-state index contributed by atoms with van der Waals surface area (Å²) in [5.74, 6) is 0. The molecule has 50 heavy (non-hydrogen) atoms. The SMILES string of the molecule is CO.Cc1ccc(-c2ccc(C3=C4C=Cc5ccccc5C4(C)Cc4c3ccc3ccccc43)cc2)cc1.c1ccc(-c2ccccc2)cc1. The van der Waals surface area contributed by atoms with E-state index in [0.29, 0.717) is 0 Å². The van der Waals surface area contributed by atoms with Gasteiger partial charge in [0.15, 0.2) is 0 Å². The molecule has 1 nitrogen and oxygen atoms in total. The Labute approximate surface area is 296 Å². The molecule has 2 aliphatic rings. The van der Waals surface area contributed by atoms with Crippen LogP contribution in [0.3, 0.4) is 0 Å². The number of benzene rings is 7. The molecule has 1 unspecified atom stereocenters. The second-order valence-corrected chi connectivity index (χ2v) is 13.2. The summed E-state index contributed by atoms with van der Waals surface area (Å²) in [6.07, 6.45) is 5.69. The molecule has 0 saturated carbocycles. The van der Waals surface area contributed by atoms with Gasteiger partial charge < -0.3 is 5.11 Å². The van der Waals surface area contributed by atoms with Crippen molar-refractivity contribution in [2.75, 3.05) is 7.11 Å². The van der Waals surface area contributed by atoms with E-state index in [1.165, 1.54) is 77.6 Å². The van der Waals surface area contributed by atoms with Crippen LogP contribution in [0.25, 0.3) is 44.7 Å². The maximum atomic E-state index is 7.00. The maximum absolute atomic E-state index is 7.00. The lowest BCUT2D eigenvalue weighted by Crippen LogP contribution is -2.34. The molecule has 1 heteroatoms. The second kappa shape index (κ2) is 14.4. The number of allylic oxidation sites excluding steroid dienone is 2. The average molecular weight is 647 g/mol. The van der Waals surface area contributed by atoms with Gasteiger partial charge in [0.1, 0.15) is 0 Å². The minimum atomic E-state index is -0.0760. The monoisotopic (exact) mass is 646 g/mol. The van der Waals surface area contributed by atoms with Crippen LogP contribution in [-0.2, 0) is 11.8 Å². The van der Waals surface area contributed by atoms with Crippen molar-refractivity contribution in [1.82, 2.24) is 0 Å². The first kappa shape index (κ1) is 32.8. The molecule has 244 valence electrons. The standard InChI is InChI=1S/C36H28.C12H10.CH4O/c1-24-11-13-25(14-12-24)26-15-17-29(18-16-26)35-31-21-19-27-7-3-5-9-30(27)32(31)23-36(2)33-10-6-4-8-28(33)20-22-34(35)36;1-3-7-11(8-4-1)12-9-5-2-6-10-12;1-2/h3-22H,23H2,1-2H3;1-10H;2H,1H3. The van der Waals surface area contributed by atoms with Gasteiger partial charge in [-0.3, -0.25) is 0 Å². The number of aryl methyl sites for hydroxylation is 1. The zero-order valence-corrected chi connectivity index (χ0v) is 29.0. The van der Waals surface area contributed by atoms with E-state index in [1.807, 2.05) is 12.1 Å². The summed E-state index contributed by atoms with van der Waals surface area (Å²) < 4.78 is 0. The van der Waals surface area contributed by atoms with Crippen molar-refractivity contribution in [2.45, 2.75) is 25.7 Å². The zero-order chi connectivity index (χ0) is 34.5. The highest BCUT2D eigenvalue weighted by molar-refractivity contribution is 5.98. The Morgan fingerprint density at radius 3 is 1.66 bits per heavy atom. The van der Waals surface area contributed by atoms with Gasteiger partial charge in [-0.15, -0.1) is 0 Å². The minimum absolute atomic E-state index is 0.0760. The highest BCUT2D eigenvalue weighted by Gasteiger charge is 2.40. The quantitative estimate of drug-likeness (QED) is 0.203. The third kappa shape index (κ3) is 6.25. The highest BCUT2D eigenvalue weighted by Crippen LogP contribution is 2.52. The van der Waals surface area contributed by atoms with Gasteiger partial charge in [0.25, 0.3) is 0 Å². The van der Waals surface area contributed by atoms with Crippen molar-refractivity contribution in [3.05, 3.63) is 215 Å². The fourth-order valence-electron chi connectivity index (χ4n) is 7.60. The van der Waals surface area contributed by atoms with Crippen molar-refractivity contribution in [1.29, 1.82) is 0 Å². The lowest BCUT2D eigenvalue weighted by molar-refractivity contribution is 0.399. The third-order valence-electron chi connectivity index (χ3n) is 10.1. The van der Waals surface area contributed by atoms with E-state index >= 15 is 0 Å². The van der Waals surface area contributed by atoms with Crippen LogP contribution in [0.2, 0.25) is 0 Å². The van der Waals surface area contributed by atoms with E-state index in [-0.39, 0.29) is 5.41 Å². The fraction of sp³-hybridized carbons (Fsp3) is 0.102. The lowest BCUT2D eigenvalue weighted by atomic mass is 9.61. The molecule has 0 amide bonds. The van der Waals surface area contributed by atoms with E-state index < -0.39 is 0 Å². The molecule has 7 aromatic rings. The Hall–Kier alpha value is -5.76. The summed E-state index contributed by atoms with van der Waals surface area (Å²) >= 11 is 0. The molecule has 0 fully saturated rings. The molecule has 0 spiro atoms. The molecular formula is C49H42O. The van der Waals surface area contributed by atoms with Crippen LogP contribution in [-0.4, -0.2) is 12.2 Å². The predicted molar refractivity (Wildman–Crippen MR) is 213 cm³/mol. The molecular weight excluding hydrogens is 605 g/mol. The van der Waals surface area contributed by atoms with Crippen LogP contribution in [0, 0.1) is 6.92 Å². The van der Waals surface area contributed by atoms with Crippen LogP contribution >= 0.6 is 0 Å². The van der Waals surface area contributed by atoms with E-state index in [1.54, 1.807) is 0 Å². The molecule has 9 rings (SSSR count). The topological polar surface area (TPSA) is 20.2 Å². The molecule has 0 heterocycles. The predicted octanol–water partition coefficient (Wildman–Crippen LogP) is 12.1. The van der Waals surface area contributed by atoms with E-state index in [4.69, 9.17) is 5.11 Å². The van der Waals surface area contributed by atoms with Gasteiger partial charge in [-0.05, 0) is 85.3 Å². The number of aliphatic hydroxyl groups is 1. The highest BCUT2D eigenvalue weighted by atomic mass is 16.2. The van der Waals surface area contributed by atoms with Gasteiger partial charge in [-0.25, -0.2) is 0 Å². The molecule has 0 bridgehead atoms. The number of rotatable bonds is 3. The van der Waals surface area contributed by atoms with Crippen LogP contribution in [0.5, 0.6) is 0 Å². The summed E-state index contributed by atoms with van der Waals surface area (Å²) in [5, 5.41) is 9.69.